The molecule has 1 saturated heterocycles. The molecule has 2 heterocycles. The maximum absolute atomic E-state index is 13.0. The second-order valence-electron chi connectivity index (χ2n) is 7.62. The predicted molar refractivity (Wildman–Crippen MR) is 114 cm³/mol. The van der Waals surface area contributed by atoms with Crippen LogP contribution >= 0.6 is 0 Å². The molecule has 1 N–H and O–H groups in total. The number of aromatic nitrogens is 2. The molecule has 0 atom stereocenters. The van der Waals surface area contributed by atoms with Gasteiger partial charge in [-0.15, -0.1) is 0 Å². The molecule has 1 fully saturated rings. The van der Waals surface area contributed by atoms with Crippen LogP contribution in [0.25, 0.3) is 11.1 Å². The Bertz CT molecular complexity index is 1030. The summed E-state index contributed by atoms with van der Waals surface area (Å²) in [6, 6.07) is 13.5. The fourth-order valence-electron chi connectivity index (χ4n) is 3.72. The van der Waals surface area contributed by atoms with E-state index in [-0.39, 0.29) is 23.5 Å². The van der Waals surface area contributed by atoms with Crippen molar-refractivity contribution in [2.45, 2.75) is 19.4 Å². The van der Waals surface area contributed by atoms with E-state index in [1.165, 1.54) is 18.5 Å². The third kappa shape index (κ3) is 5.12. The van der Waals surface area contributed by atoms with E-state index in [4.69, 9.17) is 0 Å². The van der Waals surface area contributed by atoms with E-state index in [0.29, 0.717) is 38.0 Å². The summed E-state index contributed by atoms with van der Waals surface area (Å²) >= 11 is 0. The molecule has 7 heteroatoms. The average molecular weight is 418 g/mol. The first-order valence-electron chi connectivity index (χ1n) is 10.3. The second kappa shape index (κ2) is 9.47. The molecule has 0 bridgehead atoms. The van der Waals surface area contributed by atoms with E-state index in [9.17, 15) is 14.0 Å². The average Bonchev–Trinajstić information content (AvgIpc) is 2.84. The van der Waals surface area contributed by atoms with Gasteiger partial charge in [-0.05, 0) is 48.2 Å². The topological polar surface area (TPSA) is 75.2 Å². The molecule has 158 valence electrons. The molecule has 1 aliphatic rings. The van der Waals surface area contributed by atoms with Gasteiger partial charge in [-0.25, -0.2) is 14.4 Å². The zero-order valence-corrected chi connectivity index (χ0v) is 17.0. The molecule has 31 heavy (non-hydrogen) atoms. The van der Waals surface area contributed by atoms with Crippen molar-refractivity contribution >= 4 is 11.8 Å². The SMILES string of the molecule is O=C(NCc1ccc(F)cc1)C1CCN(C(=O)c2ccc(-c3cncnc3)cc2)CC1. The second-order valence-corrected chi connectivity index (χ2v) is 7.62. The maximum Gasteiger partial charge on any atom is 0.253 e. The molecule has 0 spiro atoms. The summed E-state index contributed by atoms with van der Waals surface area (Å²) in [6.07, 6.45) is 6.19. The molecule has 1 aliphatic heterocycles. The Labute approximate surface area is 180 Å². The van der Waals surface area contributed by atoms with Crippen LogP contribution in [0.3, 0.4) is 0 Å². The van der Waals surface area contributed by atoms with Crippen LogP contribution in [0.5, 0.6) is 0 Å². The van der Waals surface area contributed by atoms with Crippen molar-refractivity contribution in [1.82, 2.24) is 20.2 Å². The van der Waals surface area contributed by atoms with Gasteiger partial charge in [-0.3, -0.25) is 9.59 Å². The fraction of sp³-hybridized carbons (Fsp3) is 0.250. The predicted octanol–water partition coefficient (Wildman–Crippen LogP) is 3.45. The number of nitrogens with one attached hydrogen (secondary N) is 1. The summed E-state index contributed by atoms with van der Waals surface area (Å²) in [4.78, 5) is 35.1. The normalized spacial score (nSPS) is 14.3. The van der Waals surface area contributed by atoms with Crippen LogP contribution < -0.4 is 5.32 Å². The number of likely N-dealkylation sites (tertiary alicyclic amines) is 1. The summed E-state index contributed by atoms with van der Waals surface area (Å²) in [5, 5.41) is 2.91. The first kappa shape index (κ1) is 20.7. The van der Waals surface area contributed by atoms with Crippen LogP contribution in [-0.4, -0.2) is 39.8 Å². The van der Waals surface area contributed by atoms with E-state index in [1.807, 2.05) is 24.3 Å². The molecule has 4 rings (SSSR count). The molecule has 0 saturated carbocycles. The van der Waals surface area contributed by atoms with Gasteiger partial charge >= 0.3 is 0 Å². The van der Waals surface area contributed by atoms with Crippen LogP contribution in [0.4, 0.5) is 4.39 Å². The van der Waals surface area contributed by atoms with Gasteiger partial charge in [0, 0.05) is 49.1 Å². The number of rotatable bonds is 5. The summed E-state index contributed by atoms with van der Waals surface area (Å²) in [5.41, 5.74) is 3.33. The highest BCUT2D eigenvalue weighted by atomic mass is 19.1. The van der Waals surface area contributed by atoms with Crippen molar-refractivity contribution in [3.8, 4) is 11.1 Å². The minimum atomic E-state index is -0.296. The lowest BCUT2D eigenvalue weighted by atomic mass is 9.95. The van der Waals surface area contributed by atoms with Gasteiger partial charge in [0.25, 0.3) is 5.91 Å². The molecule has 0 unspecified atom stereocenters. The van der Waals surface area contributed by atoms with E-state index in [2.05, 4.69) is 15.3 Å². The molecular formula is C24H23FN4O2. The Hall–Kier alpha value is -3.61. The van der Waals surface area contributed by atoms with Crippen LogP contribution in [0.2, 0.25) is 0 Å². The van der Waals surface area contributed by atoms with Gasteiger partial charge in [0.15, 0.2) is 0 Å². The highest BCUT2D eigenvalue weighted by molar-refractivity contribution is 5.95. The minimum Gasteiger partial charge on any atom is -0.352 e. The third-order valence-electron chi connectivity index (χ3n) is 5.56. The van der Waals surface area contributed by atoms with Crippen molar-refractivity contribution < 1.29 is 14.0 Å². The number of hydrogen-bond acceptors (Lipinski definition) is 4. The van der Waals surface area contributed by atoms with Gasteiger partial charge in [0.2, 0.25) is 5.91 Å². The van der Waals surface area contributed by atoms with Crippen molar-refractivity contribution in [3.63, 3.8) is 0 Å². The third-order valence-corrected chi connectivity index (χ3v) is 5.56. The van der Waals surface area contributed by atoms with Crippen LogP contribution in [0.15, 0.2) is 67.3 Å². The lowest BCUT2D eigenvalue weighted by Crippen LogP contribution is -2.42. The minimum absolute atomic E-state index is 0.0224. The summed E-state index contributed by atoms with van der Waals surface area (Å²) in [7, 11) is 0. The standard InChI is InChI=1S/C24H23FN4O2/c25-22-7-1-17(2-8-22)13-28-23(30)19-9-11-29(12-10-19)24(31)20-5-3-18(4-6-20)21-14-26-16-27-15-21/h1-8,14-16,19H,9-13H2,(H,28,30). The van der Waals surface area contributed by atoms with E-state index in [0.717, 1.165) is 16.7 Å². The number of hydrogen-bond donors (Lipinski definition) is 1. The first-order chi connectivity index (χ1) is 15.1. The van der Waals surface area contributed by atoms with Gasteiger partial charge in [-0.2, -0.15) is 0 Å². The highest BCUT2D eigenvalue weighted by Gasteiger charge is 2.27. The Balaban J connectivity index is 1.28. The van der Waals surface area contributed by atoms with Crippen LogP contribution in [0, 0.1) is 11.7 Å². The monoisotopic (exact) mass is 418 g/mol. The zero-order chi connectivity index (χ0) is 21.6. The number of piperidine rings is 1. The van der Waals surface area contributed by atoms with Gasteiger partial charge < -0.3 is 10.2 Å². The van der Waals surface area contributed by atoms with Crippen molar-refractivity contribution in [1.29, 1.82) is 0 Å². The lowest BCUT2D eigenvalue weighted by Gasteiger charge is -2.31. The Kier molecular flexibility index (Phi) is 6.31. The molecule has 6 nitrogen and oxygen atoms in total. The lowest BCUT2D eigenvalue weighted by molar-refractivity contribution is -0.126. The van der Waals surface area contributed by atoms with Gasteiger partial charge in [0.1, 0.15) is 12.1 Å². The molecule has 2 aromatic carbocycles. The number of halogens is 1. The van der Waals surface area contributed by atoms with Crippen molar-refractivity contribution in [3.05, 3.63) is 84.2 Å². The van der Waals surface area contributed by atoms with Crippen LogP contribution in [0.1, 0.15) is 28.8 Å². The van der Waals surface area contributed by atoms with Crippen LogP contribution in [-0.2, 0) is 11.3 Å². The Morgan fingerprint density at radius 2 is 1.58 bits per heavy atom. The molecule has 0 radical (unpaired) electrons. The number of carbonyl (C=O) groups excluding carboxylic acids is 2. The Morgan fingerprint density at radius 3 is 2.23 bits per heavy atom. The quantitative estimate of drug-likeness (QED) is 0.689. The molecular weight excluding hydrogens is 395 g/mol. The van der Waals surface area contributed by atoms with Gasteiger partial charge in [0.05, 0.1) is 0 Å². The molecule has 3 aromatic rings. The Morgan fingerprint density at radius 1 is 0.935 bits per heavy atom. The fourth-order valence-corrected chi connectivity index (χ4v) is 3.72. The maximum atomic E-state index is 13.0. The largest absolute Gasteiger partial charge is 0.352 e. The van der Waals surface area contributed by atoms with Gasteiger partial charge in [-0.1, -0.05) is 24.3 Å². The molecule has 1 aromatic heterocycles. The van der Waals surface area contributed by atoms with E-state index >= 15 is 0 Å². The number of amides is 2. The summed E-state index contributed by atoms with van der Waals surface area (Å²) in [6.45, 7) is 1.46. The summed E-state index contributed by atoms with van der Waals surface area (Å²) < 4.78 is 13.0. The number of benzene rings is 2. The highest BCUT2D eigenvalue weighted by Crippen LogP contribution is 2.22. The van der Waals surface area contributed by atoms with Crippen molar-refractivity contribution in [2.75, 3.05) is 13.1 Å². The molecule has 0 aliphatic carbocycles. The first-order valence-corrected chi connectivity index (χ1v) is 10.3. The molecule has 2 amide bonds. The van der Waals surface area contributed by atoms with E-state index < -0.39 is 0 Å². The smallest absolute Gasteiger partial charge is 0.253 e. The number of nitrogens with zero attached hydrogens (tertiary/aromatic N) is 3. The number of carbonyl (C=O) groups is 2. The van der Waals surface area contributed by atoms with Crippen molar-refractivity contribution in [2.24, 2.45) is 5.92 Å². The van der Waals surface area contributed by atoms with E-state index in [1.54, 1.807) is 29.4 Å². The zero-order valence-electron chi connectivity index (χ0n) is 17.0. The summed E-state index contributed by atoms with van der Waals surface area (Å²) in [5.74, 6) is -0.465.